The number of rotatable bonds is 7. The normalized spacial score (nSPS) is 26.4. The summed E-state index contributed by atoms with van der Waals surface area (Å²) >= 11 is 12.6. The number of piperazine rings is 1. The Balaban J connectivity index is 1.40. The van der Waals surface area contributed by atoms with E-state index in [2.05, 4.69) is 28.1 Å². The minimum Gasteiger partial charge on any atom is -0.372 e. The molecule has 168 valence electrons. The molecule has 0 aromatic heterocycles. The van der Waals surface area contributed by atoms with Gasteiger partial charge in [-0.05, 0) is 70.5 Å². The molecule has 1 aliphatic carbocycles. The van der Waals surface area contributed by atoms with Crippen molar-refractivity contribution in [2.75, 3.05) is 38.2 Å². The molecule has 1 amide bonds. The van der Waals surface area contributed by atoms with E-state index in [-0.39, 0.29) is 12.0 Å². The first kappa shape index (κ1) is 23.6. The van der Waals surface area contributed by atoms with Crippen molar-refractivity contribution in [2.24, 2.45) is 5.92 Å². The number of amides is 1. The smallest absolute Gasteiger partial charge is 0.249 e. The van der Waals surface area contributed by atoms with E-state index in [1.807, 2.05) is 12.1 Å². The lowest BCUT2D eigenvalue weighted by Gasteiger charge is -2.42. The third-order valence-corrected chi connectivity index (χ3v) is 7.53. The maximum absolute atomic E-state index is 12.0. The van der Waals surface area contributed by atoms with Crippen LogP contribution in [0, 0.1) is 5.92 Å². The Kier molecular flexibility index (Phi) is 8.70. The molecule has 2 fully saturated rings. The highest BCUT2D eigenvalue weighted by Gasteiger charge is 2.28. The molecule has 1 aromatic rings. The summed E-state index contributed by atoms with van der Waals surface area (Å²) in [6.45, 7) is 8.26. The molecule has 2 atom stereocenters. The van der Waals surface area contributed by atoms with Crippen molar-refractivity contribution in [3.8, 4) is 0 Å². The molecule has 0 bridgehead atoms. The predicted molar refractivity (Wildman–Crippen MR) is 125 cm³/mol. The molecule has 2 aliphatic rings. The molecule has 1 unspecified atom stereocenters. The number of carbonyl (C=O) groups excluding carboxylic acids is 1. The quantitative estimate of drug-likeness (QED) is 0.651. The van der Waals surface area contributed by atoms with Crippen molar-refractivity contribution in [3.05, 3.63) is 28.2 Å². The first-order chi connectivity index (χ1) is 14.4. The number of nitrogens with one attached hydrogen (secondary N) is 1. The summed E-state index contributed by atoms with van der Waals surface area (Å²) in [6, 6.07) is 6.58. The molecule has 1 aliphatic heterocycles. The third kappa shape index (κ3) is 6.03. The van der Waals surface area contributed by atoms with Gasteiger partial charge in [-0.1, -0.05) is 29.3 Å². The van der Waals surface area contributed by atoms with Crippen LogP contribution in [-0.4, -0.2) is 62.3 Å². The number of ether oxygens (including phenoxy) is 1. The zero-order valence-corrected chi connectivity index (χ0v) is 19.9. The highest BCUT2D eigenvalue weighted by molar-refractivity contribution is 6.43. The fourth-order valence-electron chi connectivity index (χ4n) is 4.69. The van der Waals surface area contributed by atoms with E-state index in [0.717, 1.165) is 50.6 Å². The van der Waals surface area contributed by atoms with Crippen molar-refractivity contribution in [2.45, 2.75) is 64.1 Å². The van der Waals surface area contributed by atoms with Crippen LogP contribution in [0.1, 0.15) is 46.0 Å². The summed E-state index contributed by atoms with van der Waals surface area (Å²) in [5.41, 5.74) is 1.04. The maximum Gasteiger partial charge on any atom is 0.249 e. The van der Waals surface area contributed by atoms with Gasteiger partial charge in [0.25, 0.3) is 0 Å². The predicted octanol–water partition coefficient (Wildman–Crippen LogP) is 4.60. The molecular weight excluding hydrogens is 421 g/mol. The molecule has 7 heteroatoms. The average Bonchev–Trinajstić information content (AvgIpc) is 2.75. The fraction of sp³-hybridized carbons (Fsp3) is 0.696. The van der Waals surface area contributed by atoms with Gasteiger partial charge in [-0.25, -0.2) is 0 Å². The monoisotopic (exact) mass is 455 g/mol. The summed E-state index contributed by atoms with van der Waals surface area (Å²) in [5.74, 6) is 0.765. The highest BCUT2D eigenvalue weighted by Crippen LogP contribution is 2.34. The van der Waals surface area contributed by atoms with Crippen LogP contribution >= 0.6 is 23.2 Å². The molecule has 1 saturated carbocycles. The van der Waals surface area contributed by atoms with Gasteiger partial charge in [-0.2, -0.15) is 0 Å². The molecule has 1 N–H and O–H groups in total. The van der Waals surface area contributed by atoms with Crippen LogP contribution < -0.4 is 10.2 Å². The summed E-state index contributed by atoms with van der Waals surface area (Å²) in [7, 11) is 1.57. The molecule has 1 saturated heterocycles. The van der Waals surface area contributed by atoms with Crippen LogP contribution in [0.4, 0.5) is 5.69 Å². The number of nitrogens with zero attached hydrogens (tertiary/aromatic N) is 2. The van der Waals surface area contributed by atoms with Crippen LogP contribution in [0.15, 0.2) is 18.2 Å². The van der Waals surface area contributed by atoms with Gasteiger partial charge < -0.3 is 15.0 Å². The van der Waals surface area contributed by atoms with Gasteiger partial charge in [0.2, 0.25) is 5.91 Å². The SMILES string of the molecule is COC(C)C(=O)N[C@H]1CC[C@H](CCN2CCN(c3cccc(Cl)c3Cl)[C@H](C)C2)CC1. The first-order valence-electron chi connectivity index (χ1n) is 11.1. The molecule has 30 heavy (non-hydrogen) atoms. The Morgan fingerprint density at radius 2 is 1.97 bits per heavy atom. The Morgan fingerprint density at radius 3 is 2.63 bits per heavy atom. The van der Waals surface area contributed by atoms with Gasteiger partial charge >= 0.3 is 0 Å². The van der Waals surface area contributed by atoms with E-state index >= 15 is 0 Å². The number of halogens is 2. The molecule has 0 spiro atoms. The number of benzene rings is 1. The van der Waals surface area contributed by atoms with Gasteiger partial charge in [0, 0.05) is 38.8 Å². The topological polar surface area (TPSA) is 44.8 Å². The van der Waals surface area contributed by atoms with Gasteiger partial charge in [-0.3, -0.25) is 9.69 Å². The van der Waals surface area contributed by atoms with Crippen LogP contribution in [0.5, 0.6) is 0 Å². The second-order valence-electron chi connectivity index (χ2n) is 8.81. The zero-order chi connectivity index (χ0) is 21.7. The number of methoxy groups -OCH3 is 1. The van der Waals surface area contributed by atoms with E-state index in [4.69, 9.17) is 27.9 Å². The van der Waals surface area contributed by atoms with Crippen molar-refractivity contribution in [3.63, 3.8) is 0 Å². The van der Waals surface area contributed by atoms with Crippen molar-refractivity contribution < 1.29 is 9.53 Å². The Morgan fingerprint density at radius 1 is 1.23 bits per heavy atom. The van der Waals surface area contributed by atoms with E-state index < -0.39 is 0 Å². The summed E-state index contributed by atoms with van der Waals surface area (Å²) in [4.78, 5) is 16.9. The highest BCUT2D eigenvalue weighted by atomic mass is 35.5. The summed E-state index contributed by atoms with van der Waals surface area (Å²) < 4.78 is 5.10. The number of hydrogen-bond donors (Lipinski definition) is 1. The van der Waals surface area contributed by atoms with Crippen LogP contribution in [0.25, 0.3) is 0 Å². The molecular formula is C23H35Cl2N3O2. The van der Waals surface area contributed by atoms with Crippen molar-refractivity contribution in [1.29, 1.82) is 0 Å². The summed E-state index contributed by atoms with van der Waals surface area (Å²) in [5, 5.41) is 4.40. The molecule has 1 aromatic carbocycles. The van der Waals surface area contributed by atoms with Gasteiger partial charge in [0.1, 0.15) is 6.10 Å². The second-order valence-corrected chi connectivity index (χ2v) is 9.59. The lowest BCUT2D eigenvalue weighted by atomic mass is 9.84. The number of anilines is 1. The van der Waals surface area contributed by atoms with Crippen LogP contribution in [0.3, 0.4) is 0 Å². The standard InChI is InChI=1S/C23H35Cl2N3O2/c1-16-15-27(13-14-28(16)21-6-4-5-20(24)22(21)25)12-11-18-7-9-19(10-8-18)26-23(29)17(2)30-3/h4-6,16-19H,7-15H2,1-3H3,(H,26,29)/t16-,17?,18-,19-/m1/s1. The minimum absolute atomic E-state index is 0.00705. The Hall–Kier alpha value is -1.01. The Labute approximate surface area is 191 Å². The second kappa shape index (κ2) is 11.0. The first-order valence-corrected chi connectivity index (χ1v) is 11.9. The van der Waals surface area contributed by atoms with Crippen molar-refractivity contribution in [1.82, 2.24) is 10.2 Å². The molecule has 1 heterocycles. The van der Waals surface area contributed by atoms with Crippen LogP contribution in [-0.2, 0) is 9.53 Å². The molecule has 5 nitrogen and oxygen atoms in total. The van der Waals surface area contributed by atoms with E-state index in [0.29, 0.717) is 22.1 Å². The van der Waals surface area contributed by atoms with Crippen molar-refractivity contribution >= 4 is 34.8 Å². The number of hydrogen-bond acceptors (Lipinski definition) is 4. The third-order valence-electron chi connectivity index (χ3n) is 6.72. The van der Waals surface area contributed by atoms with Crippen LogP contribution in [0.2, 0.25) is 10.0 Å². The van der Waals surface area contributed by atoms with E-state index in [1.165, 1.54) is 19.3 Å². The molecule has 3 rings (SSSR count). The zero-order valence-electron chi connectivity index (χ0n) is 18.4. The molecule has 0 radical (unpaired) electrons. The van der Waals surface area contributed by atoms with Gasteiger partial charge in [0.15, 0.2) is 0 Å². The largest absolute Gasteiger partial charge is 0.372 e. The average molecular weight is 456 g/mol. The van der Waals surface area contributed by atoms with Gasteiger partial charge in [-0.15, -0.1) is 0 Å². The minimum atomic E-state index is -0.370. The lowest BCUT2D eigenvalue weighted by molar-refractivity contribution is -0.131. The number of carbonyl (C=O) groups is 1. The van der Waals surface area contributed by atoms with E-state index in [9.17, 15) is 4.79 Å². The lowest BCUT2D eigenvalue weighted by Crippen LogP contribution is -2.52. The fourth-order valence-corrected chi connectivity index (χ4v) is 5.10. The maximum atomic E-state index is 12.0. The summed E-state index contributed by atoms with van der Waals surface area (Å²) in [6.07, 6.45) is 5.40. The van der Waals surface area contributed by atoms with Gasteiger partial charge in [0.05, 0.1) is 15.7 Å². The van der Waals surface area contributed by atoms with E-state index in [1.54, 1.807) is 14.0 Å². The Bertz CT molecular complexity index is 710.